The van der Waals surface area contributed by atoms with Gasteiger partial charge in [-0.2, -0.15) is 0 Å². The fourth-order valence-corrected chi connectivity index (χ4v) is 2.23. The zero-order valence-electron chi connectivity index (χ0n) is 9.34. The zero-order valence-corrected chi connectivity index (χ0v) is 10.1. The molecule has 0 aromatic carbocycles. The monoisotopic (exact) mass is 219 g/mol. The summed E-state index contributed by atoms with van der Waals surface area (Å²) in [7, 11) is 0. The highest BCUT2D eigenvalue weighted by Crippen LogP contribution is 2.15. The van der Waals surface area contributed by atoms with Crippen molar-refractivity contribution >= 4 is 11.6 Å². The summed E-state index contributed by atoms with van der Waals surface area (Å²) in [6.45, 7) is 8.45. The van der Waals surface area contributed by atoms with Crippen LogP contribution in [0.4, 0.5) is 0 Å². The zero-order chi connectivity index (χ0) is 10.4. The molecule has 1 aliphatic heterocycles. The maximum absolute atomic E-state index is 5.92. The van der Waals surface area contributed by atoms with Crippen molar-refractivity contribution in [1.29, 1.82) is 0 Å². The van der Waals surface area contributed by atoms with Crippen LogP contribution in [-0.4, -0.2) is 43.1 Å². The molecule has 1 unspecified atom stereocenters. The van der Waals surface area contributed by atoms with Gasteiger partial charge in [0.1, 0.15) is 0 Å². The van der Waals surface area contributed by atoms with E-state index in [1.807, 2.05) is 0 Å². The molecule has 0 spiro atoms. The number of ether oxygens (including phenoxy) is 1. The van der Waals surface area contributed by atoms with Gasteiger partial charge in [0.2, 0.25) is 0 Å². The molecule has 1 aliphatic rings. The van der Waals surface area contributed by atoms with E-state index in [1.165, 1.54) is 19.4 Å². The molecule has 1 atom stereocenters. The first-order valence-corrected chi connectivity index (χ1v) is 6.23. The molecule has 0 radical (unpaired) electrons. The molecule has 0 aliphatic carbocycles. The molecule has 0 bridgehead atoms. The van der Waals surface area contributed by atoms with E-state index in [9.17, 15) is 0 Å². The summed E-state index contributed by atoms with van der Waals surface area (Å²) in [6, 6.07) is 0.436. The molecule has 1 saturated heterocycles. The second-order valence-corrected chi connectivity index (χ2v) is 4.37. The van der Waals surface area contributed by atoms with Crippen molar-refractivity contribution < 1.29 is 4.74 Å². The van der Waals surface area contributed by atoms with Crippen molar-refractivity contribution in [3.8, 4) is 0 Å². The van der Waals surface area contributed by atoms with E-state index in [0.717, 1.165) is 25.7 Å². The van der Waals surface area contributed by atoms with Gasteiger partial charge in [0.15, 0.2) is 0 Å². The summed E-state index contributed by atoms with van der Waals surface area (Å²) in [5.41, 5.74) is 0. The largest absolute Gasteiger partial charge is 0.378 e. The van der Waals surface area contributed by atoms with Crippen LogP contribution in [0.15, 0.2) is 0 Å². The molecule has 14 heavy (non-hydrogen) atoms. The van der Waals surface area contributed by atoms with Crippen LogP contribution in [0.5, 0.6) is 0 Å². The Bertz CT molecular complexity index is 150. The summed E-state index contributed by atoms with van der Waals surface area (Å²) in [5, 5.41) is 0. The topological polar surface area (TPSA) is 12.5 Å². The third-order valence-electron chi connectivity index (χ3n) is 3.17. The number of halogens is 1. The molecule has 0 aromatic rings. The van der Waals surface area contributed by atoms with Crippen LogP contribution in [0, 0.1) is 5.92 Å². The SMILES string of the molecule is CCC(CC)CN1CCOCC1CCl. The number of hydrogen-bond acceptors (Lipinski definition) is 2. The Kier molecular flexibility index (Phi) is 5.83. The molecular formula is C11H22ClNO. The molecule has 0 N–H and O–H groups in total. The molecule has 0 amide bonds. The average Bonchev–Trinajstić information content (AvgIpc) is 2.26. The van der Waals surface area contributed by atoms with Gasteiger partial charge in [-0.3, -0.25) is 4.90 Å². The predicted octanol–water partition coefficient (Wildman–Crippen LogP) is 2.36. The number of hydrogen-bond donors (Lipinski definition) is 0. The molecule has 3 heteroatoms. The van der Waals surface area contributed by atoms with Gasteiger partial charge in [-0.05, 0) is 5.92 Å². The average molecular weight is 220 g/mol. The van der Waals surface area contributed by atoms with E-state index >= 15 is 0 Å². The van der Waals surface area contributed by atoms with E-state index in [0.29, 0.717) is 11.9 Å². The van der Waals surface area contributed by atoms with Crippen LogP contribution in [0.3, 0.4) is 0 Å². The quantitative estimate of drug-likeness (QED) is 0.659. The van der Waals surface area contributed by atoms with Crippen LogP contribution < -0.4 is 0 Å². The summed E-state index contributed by atoms with van der Waals surface area (Å²) in [6.07, 6.45) is 2.53. The number of morpholine rings is 1. The van der Waals surface area contributed by atoms with Gasteiger partial charge in [0.05, 0.1) is 13.2 Å². The lowest BCUT2D eigenvalue weighted by Gasteiger charge is -2.36. The second-order valence-electron chi connectivity index (χ2n) is 4.06. The van der Waals surface area contributed by atoms with E-state index in [4.69, 9.17) is 16.3 Å². The highest BCUT2D eigenvalue weighted by atomic mass is 35.5. The van der Waals surface area contributed by atoms with Gasteiger partial charge in [-0.1, -0.05) is 26.7 Å². The van der Waals surface area contributed by atoms with Gasteiger partial charge in [0, 0.05) is 25.0 Å². The fraction of sp³-hybridized carbons (Fsp3) is 1.00. The summed E-state index contributed by atoms with van der Waals surface area (Å²) < 4.78 is 5.43. The molecule has 84 valence electrons. The fourth-order valence-electron chi connectivity index (χ4n) is 1.95. The molecule has 0 aromatic heterocycles. The minimum atomic E-state index is 0.436. The lowest BCUT2D eigenvalue weighted by atomic mass is 10.0. The summed E-state index contributed by atoms with van der Waals surface area (Å²) in [5.74, 6) is 1.51. The Morgan fingerprint density at radius 2 is 2.14 bits per heavy atom. The lowest BCUT2D eigenvalue weighted by Crippen LogP contribution is -2.48. The van der Waals surface area contributed by atoms with Crippen LogP contribution in [0.2, 0.25) is 0 Å². The molecule has 1 rings (SSSR count). The molecule has 2 nitrogen and oxygen atoms in total. The molecule has 1 fully saturated rings. The summed E-state index contributed by atoms with van der Waals surface area (Å²) >= 11 is 5.92. The Morgan fingerprint density at radius 3 is 2.71 bits per heavy atom. The van der Waals surface area contributed by atoms with E-state index in [1.54, 1.807) is 0 Å². The van der Waals surface area contributed by atoms with Crippen molar-refractivity contribution in [3.05, 3.63) is 0 Å². The number of rotatable bonds is 5. The van der Waals surface area contributed by atoms with E-state index in [2.05, 4.69) is 18.7 Å². The normalized spacial score (nSPS) is 24.4. The molecular weight excluding hydrogens is 198 g/mol. The highest BCUT2D eigenvalue weighted by Gasteiger charge is 2.23. The van der Waals surface area contributed by atoms with Gasteiger partial charge in [0.25, 0.3) is 0 Å². The first-order chi connectivity index (χ1) is 6.81. The Hall–Kier alpha value is 0.210. The molecule has 1 heterocycles. The van der Waals surface area contributed by atoms with Crippen LogP contribution in [0.1, 0.15) is 26.7 Å². The number of alkyl halides is 1. The first-order valence-electron chi connectivity index (χ1n) is 5.69. The third-order valence-corrected chi connectivity index (χ3v) is 3.53. The molecule has 0 saturated carbocycles. The summed E-state index contributed by atoms with van der Waals surface area (Å²) in [4.78, 5) is 2.49. The van der Waals surface area contributed by atoms with E-state index in [-0.39, 0.29) is 0 Å². The van der Waals surface area contributed by atoms with Crippen molar-refractivity contribution in [1.82, 2.24) is 4.90 Å². The Morgan fingerprint density at radius 1 is 1.43 bits per heavy atom. The Labute approximate surface area is 92.6 Å². The van der Waals surface area contributed by atoms with Gasteiger partial charge in [-0.15, -0.1) is 11.6 Å². The van der Waals surface area contributed by atoms with Crippen molar-refractivity contribution in [2.24, 2.45) is 5.92 Å². The minimum absolute atomic E-state index is 0.436. The third kappa shape index (κ3) is 3.41. The van der Waals surface area contributed by atoms with Crippen molar-refractivity contribution in [2.75, 3.05) is 32.2 Å². The Balaban J connectivity index is 2.39. The highest BCUT2D eigenvalue weighted by molar-refractivity contribution is 6.18. The lowest BCUT2D eigenvalue weighted by molar-refractivity contribution is -0.00642. The van der Waals surface area contributed by atoms with Crippen LogP contribution >= 0.6 is 11.6 Å². The first kappa shape index (κ1) is 12.3. The smallest absolute Gasteiger partial charge is 0.0634 e. The van der Waals surface area contributed by atoms with E-state index < -0.39 is 0 Å². The van der Waals surface area contributed by atoms with Crippen molar-refractivity contribution in [3.63, 3.8) is 0 Å². The second kappa shape index (κ2) is 6.65. The minimum Gasteiger partial charge on any atom is -0.378 e. The van der Waals surface area contributed by atoms with Crippen LogP contribution in [0.25, 0.3) is 0 Å². The maximum Gasteiger partial charge on any atom is 0.0634 e. The van der Waals surface area contributed by atoms with Gasteiger partial charge >= 0.3 is 0 Å². The van der Waals surface area contributed by atoms with Gasteiger partial charge < -0.3 is 4.74 Å². The predicted molar refractivity (Wildman–Crippen MR) is 61.0 cm³/mol. The van der Waals surface area contributed by atoms with Gasteiger partial charge in [-0.25, -0.2) is 0 Å². The van der Waals surface area contributed by atoms with Crippen LogP contribution in [-0.2, 0) is 4.74 Å². The standard InChI is InChI=1S/C11H22ClNO/c1-3-10(4-2)8-13-5-6-14-9-11(13)7-12/h10-11H,3-9H2,1-2H3. The maximum atomic E-state index is 5.92. The van der Waals surface area contributed by atoms with Crippen molar-refractivity contribution in [2.45, 2.75) is 32.7 Å². The number of nitrogens with zero attached hydrogens (tertiary/aromatic N) is 1.